The Bertz CT molecular complexity index is 356. The molecule has 2 unspecified atom stereocenters. The zero-order chi connectivity index (χ0) is 12.1. The molecule has 2 rings (SSSR count). The van der Waals surface area contributed by atoms with E-state index in [1.54, 1.807) is 0 Å². The van der Waals surface area contributed by atoms with Crippen molar-refractivity contribution in [2.75, 3.05) is 5.43 Å². The van der Waals surface area contributed by atoms with Crippen molar-refractivity contribution >= 4 is 5.82 Å². The Morgan fingerprint density at radius 2 is 2.35 bits per heavy atom. The molecule has 4 nitrogen and oxygen atoms in total. The van der Waals surface area contributed by atoms with Gasteiger partial charge in [-0.2, -0.15) is 0 Å². The van der Waals surface area contributed by atoms with Crippen LogP contribution in [0.1, 0.15) is 38.3 Å². The number of nitrogens with zero attached hydrogens (tertiary/aromatic N) is 1. The van der Waals surface area contributed by atoms with E-state index in [0.717, 1.165) is 11.6 Å². The first kappa shape index (κ1) is 12.3. The first-order valence-electron chi connectivity index (χ1n) is 6.32. The highest BCUT2D eigenvalue weighted by atomic mass is 16.5. The van der Waals surface area contributed by atoms with E-state index in [4.69, 9.17) is 10.6 Å². The van der Waals surface area contributed by atoms with Gasteiger partial charge in [0.05, 0.1) is 18.4 Å². The summed E-state index contributed by atoms with van der Waals surface area (Å²) in [6.07, 6.45) is 5.37. The molecule has 0 spiro atoms. The van der Waals surface area contributed by atoms with E-state index in [2.05, 4.69) is 17.3 Å². The van der Waals surface area contributed by atoms with Crippen LogP contribution in [-0.2, 0) is 11.3 Å². The second-order valence-electron chi connectivity index (χ2n) is 4.86. The average molecular weight is 235 g/mol. The molecule has 17 heavy (non-hydrogen) atoms. The third-order valence-electron chi connectivity index (χ3n) is 3.31. The van der Waals surface area contributed by atoms with Gasteiger partial charge in [-0.25, -0.2) is 10.8 Å². The third kappa shape index (κ3) is 3.68. The molecule has 0 aromatic carbocycles. The molecule has 0 radical (unpaired) electrons. The third-order valence-corrected chi connectivity index (χ3v) is 3.31. The zero-order valence-corrected chi connectivity index (χ0v) is 10.4. The number of nitrogens with two attached hydrogens (primary N) is 1. The summed E-state index contributed by atoms with van der Waals surface area (Å²) in [6, 6.07) is 5.74. The van der Waals surface area contributed by atoms with Crippen molar-refractivity contribution in [3.05, 3.63) is 23.9 Å². The highest BCUT2D eigenvalue weighted by Gasteiger charge is 2.19. The van der Waals surface area contributed by atoms with Gasteiger partial charge in [0, 0.05) is 0 Å². The summed E-state index contributed by atoms with van der Waals surface area (Å²) in [6.45, 7) is 2.87. The normalized spacial score (nSPS) is 24.6. The highest BCUT2D eigenvalue weighted by molar-refractivity contribution is 5.33. The van der Waals surface area contributed by atoms with Crippen molar-refractivity contribution in [2.24, 2.45) is 11.8 Å². The fourth-order valence-electron chi connectivity index (χ4n) is 2.37. The molecule has 94 valence electrons. The van der Waals surface area contributed by atoms with Crippen LogP contribution in [0, 0.1) is 5.92 Å². The molecule has 1 fully saturated rings. The maximum Gasteiger partial charge on any atom is 0.140 e. The van der Waals surface area contributed by atoms with Crippen LogP contribution in [0.3, 0.4) is 0 Å². The van der Waals surface area contributed by atoms with Gasteiger partial charge in [0.2, 0.25) is 0 Å². The number of hydrogen-bond acceptors (Lipinski definition) is 4. The van der Waals surface area contributed by atoms with Gasteiger partial charge in [-0.3, -0.25) is 0 Å². The molecular weight excluding hydrogens is 214 g/mol. The Balaban J connectivity index is 1.84. The summed E-state index contributed by atoms with van der Waals surface area (Å²) in [5.74, 6) is 6.80. The summed E-state index contributed by atoms with van der Waals surface area (Å²) >= 11 is 0. The van der Waals surface area contributed by atoms with Crippen LogP contribution < -0.4 is 11.3 Å². The fourth-order valence-corrected chi connectivity index (χ4v) is 2.37. The topological polar surface area (TPSA) is 60.2 Å². The van der Waals surface area contributed by atoms with Gasteiger partial charge in [-0.1, -0.05) is 25.8 Å². The number of hydrazine groups is 1. The summed E-state index contributed by atoms with van der Waals surface area (Å²) in [7, 11) is 0. The number of nitrogens with one attached hydrogen (secondary N) is 1. The van der Waals surface area contributed by atoms with E-state index in [-0.39, 0.29) is 0 Å². The van der Waals surface area contributed by atoms with Crippen LogP contribution in [0.4, 0.5) is 5.82 Å². The van der Waals surface area contributed by atoms with E-state index >= 15 is 0 Å². The monoisotopic (exact) mass is 235 g/mol. The van der Waals surface area contributed by atoms with Crippen molar-refractivity contribution in [1.82, 2.24) is 4.98 Å². The predicted molar refractivity (Wildman–Crippen MR) is 68.3 cm³/mol. The van der Waals surface area contributed by atoms with Crippen LogP contribution in [0.5, 0.6) is 0 Å². The van der Waals surface area contributed by atoms with Gasteiger partial charge in [-0.15, -0.1) is 0 Å². The molecule has 0 aliphatic heterocycles. The first-order valence-corrected chi connectivity index (χ1v) is 6.32. The maximum atomic E-state index is 5.91. The van der Waals surface area contributed by atoms with Gasteiger partial charge in [0.25, 0.3) is 0 Å². The standard InChI is InChI=1S/C13H21N3O/c1-10-4-2-6-12(8-10)17-9-11-5-3-7-13(15-11)16-14/h3,5,7,10,12H,2,4,6,8-9,14H2,1H3,(H,15,16). The van der Waals surface area contributed by atoms with Gasteiger partial charge < -0.3 is 10.2 Å². The Morgan fingerprint density at radius 3 is 3.12 bits per heavy atom. The van der Waals surface area contributed by atoms with Crippen LogP contribution >= 0.6 is 0 Å². The Labute approximate surface area is 103 Å². The van der Waals surface area contributed by atoms with Crippen molar-refractivity contribution in [3.8, 4) is 0 Å². The minimum atomic E-state index is 0.398. The number of ether oxygens (including phenoxy) is 1. The molecule has 1 aromatic rings. The second-order valence-corrected chi connectivity index (χ2v) is 4.86. The van der Waals surface area contributed by atoms with E-state index in [0.29, 0.717) is 18.5 Å². The largest absolute Gasteiger partial charge is 0.372 e. The van der Waals surface area contributed by atoms with E-state index in [1.807, 2.05) is 18.2 Å². The number of pyridine rings is 1. The zero-order valence-electron chi connectivity index (χ0n) is 10.4. The number of aromatic nitrogens is 1. The van der Waals surface area contributed by atoms with Crippen molar-refractivity contribution in [2.45, 2.75) is 45.3 Å². The molecule has 1 heterocycles. The Hall–Kier alpha value is -1.13. The van der Waals surface area contributed by atoms with Crippen LogP contribution in [0.15, 0.2) is 18.2 Å². The number of anilines is 1. The predicted octanol–water partition coefficient (Wildman–Crippen LogP) is 2.46. The van der Waals surface area contributed by atoms with Gasteiger partial charge >= 0.3 is 0 Å². The molecule has 3 N–H and O–H groups in total. The van der Waals surface area contributed by atoms with Crippen molar-refractivity contribution in [1.29, 1.82) is 0 Å². The molecule has 4 heteroatoms. The molecule has 1 aromatic heterocycles. The lowest BCUT2D eigenvalue weighted by Crippen LogP contribution is -2.21. The summed E-state index contributed by atoms with van der Waals surface area (Å²) in [5.41, 5.74) is 3.48. The van der Waals surface area contributed by atoms with Gasteiger partial charge in [-0.05, 0) is 30.9 Å². The molecule has 0 bridgehead atoms. The Morgan fingerprint density at radius 1 is 1.47 bits per heavy atom. The number of nitrogen functional groups attached to an aromatic ring is 1. The number of rotatable bonds is 4. The minimum Gasteiger partial charge on any atom is -0.372 e. The molecule has 1 aliphatic carbocycles. The molecule has 0 amide bonds. The SMILES string of the molecule is CC1CCCC(OCc2cccc(NN)n2)C1. The lowest BCUT2D eigenvalue weighted by Gasteiger charge is -2.26. The van der Waals surface area contributed by atoms with Crippen molar-refractivity contribution < 1.29 is 4.74 Å². The molecular formula is C13H21N3O. The molecule has 2 atom stereocenters. The maximum absolute atomic E-state index is 5.91. The van der Waals surface area contributed by atoms with Crippen molar-refractivity contribution in [3.63, 3.8) is 0 Å². The van der Waals surface area contributed by atoms with Gasteiger partial charge in [0.1, 0.15) is 5.82 Å². The summed E-state index contributed by atoms with van der Waals surface area (Å²) in [5, 5.41) is 0. The molecule has 1 aliphatic rings. The smallest absolute Gasteiger partial charge is 0.140 e. The van der Waals surface area contributed by atoms with Crippen LogP contribution in [0.2, 0.25) is 0 Å². The Kier molecular flexibility index (Phi) is 4.34. The summed E-state index contributed by atoms with van der Waals surface area (Å²) in [4.78, 5) is 4.33. The molecule has 0 saturated heterocycles. The first-order chi connectivity index (χ1) is 8.28. The quantitative estimate of drug-likeness (QED) is 0.621. The summed E-state index contributed by atoms with van der Waals surface area (Å²) < 4.78 is 5.91. The second kappa shape index (κ2) is 5.98. The van der Waals surface area contributed by atoms with E-state index in [1.165, 1.54) is 25.7 Å². The average Bonchev–Trinajstić information content (AvgIpc) is 2.37. The molecule has 1 saturated carbocycles. The van der Waals surface area contributed by atoms with Crippen LogP contribution in [-0.4, -0.2) is 11.1 Å². The van der Waals surface area contributed by atoms with E-state index < -0.39 is 0 Å². The van der Waals surface area contributed by atoms with Crippen LogP contribution in [0.25, 0.3) is 0 Å². The fraction of sp³-hybridized carbons (Fsp3) is 0.615. The minimum absolute atomic E-state index is 0.398. The highest BCUT2D eigenvalue weighted by Crippen LogP contribution is 2.26. The number of hydrogen-bond donors (Lipinski definition) is 2. The lowest BCUT2D eigenvalue weighted by atomic mass is 9.89. The lowest BCUT2D eigenvalue weighted by molar-refractivity contribution is 0.00325. The van der Waals surface area contributed by atoms with E-state index in [9.17, 15) is 0 Å². The van der Waals surface area contributed by atoms with Gasteiger partial charge in [0.15, 0.2) is 0 Å².